The molecule has 0 N–H and O–H groups in total. The lowest BCUT2D eigenvalue weighted by atomic mass is 10.1. The van der Waals surface area contributed by atoms with E-state index in [1.54, 1.807) is 7.05 Å². The Balaban J connectivity index is 2.92. The summed E-state index contributed by atoms with van der Waals surface area (Å²) in [4.78, 5) is 3.86. The van der Waals surface area contributed by atoms with Crippen LogP contribution in [0.15, 0.2) is 23.4 Å². The standard InChI is InChI=1S/C11H17ClN2O2S/c1-9(2)5-7-14(3)17(15,16)11-8-13-6-4-10(11)12/h4,6,8-9H,5,7H2,1-3H3. The fourth-order valence-electron chi connectivity index (χ4n) is 1.28. The lowest BCUT2D eigenvalue weighted by molar-refractivity contribution is 0.428. The molecule has 0 spiro atoms. The van der Waals surface area contributed by atoms with E-state index in [1.165, 1.54) is 22.8 Å². The number of nitrogens with zero attached hydrogens (tertiary/aromatic N) is 2. The van der Waals surface area contributed by atoms with Gasteiger partial charge in [0.15, 0.2) is 0 Å². The number of hydrogen-bond acceptors (Lipinski definition) is 3. The molecule has 0 aliphatic carbocycles. The van der Waals surface area contributed by atoms with E-state index in [1.807, 2.05) is 0 Å². The van der Waals surface area contributed by atoms with Crippen LogP contribution in [0.3, 0.4) is 0 Å². The minimum Gasteiger partial charge on any atom is -0.263 e. The first-order valence-electron chi connectivity index (χ1n) is 5.41. The van der Waals surface area contributed by atoms with Crippen LogP contribution < -0.4 is 0 Å². The van der Waals surface area contributed by atoms with Gasteiger partial charge in [-0.25, -0.2) is 12.7 Å². The van der Waals surface area contributed by atoms with E-state index in [4.69, 9.17) is 11.6 Å². The molecule has 0 atom stereocenters. The Kier molecular flexibility index (Phi) is 4.91. The SMILES string of the molecule is CC(C)CCN(C)S(=O)(=O)c1cnccc1Cl. The smallest absolute Gasteiger partial charge is 0.245 e. The first-order chi connectivity index (χ1) is 7.85. The molecule has 1 heterocycles. The van der Waals surface area contributed by atoms with E-state index in [0.717, 1.165) is 6.42 Å². The van der Waals surface area contributed by atoms with Gasteiger partial charge in [-0.05, 0) is 18.4 Å². The molecule has 0 saturated heterocycles. The second-order valence-electron chi connectivity index (χ2n) is 4.32. The Morgan fingerprint density at radius 3 is 2.65 bits per heavy atom. The second-order valence-corrected chi connectivity index (χ2v) is 6.74. The third kappa shape index (κ3) is 3.66. The molecule has 0 fully saturated rings. The summed E-state index contributed by atoms with van der Waals surface area (Å²) in [7, 11) is -1.97. The zero-order valence-corrected chi connectivity index (χ0v) is 11.8. The van der Waals surface area contributed by atoms with Crippen molar-refractivity contribution in [1.82, 2.24) is 9.29 Å². The molecule has 1 aromatic rings. The maximum Gasteiger partial charge on any atom is 0.245 e. The summed E-state index contributed by atoms with van der Waals surface area (Å²) < 4.78 is 25.6. The molecule has 0 aliphatic rings. The Labute approximate surface area is 108 Å². The largest absolute Gasteiger partial charge is 0.263 e. The fourth-order valence-corrected chi connectivity index (χ4v) is 2.87. The van der Waals surface area contributed by atoms with E-state index >= 15 is 0 Å². The molecule has 0 aromatic carbocycles. The number of hydrogen-bond donors (Lipinski definition) is 0. The van der Waals surface area contributed by atoms with Gasteiger partial charge in [0.05, 0.1) is 5.02 Å². The van der Waals surface area contributed by atoms with Crippen LogP contribution in [0.5, 0.6) is 0 Å². The molecule has 0 radical (unpaired) electrons. The highest BCUT2D eigenvalue weighted by Crippen LogP contribution is 2.22. The highest BCUT2D eigenvalue weighted by molar-refractivity contribution is 7.89. The normalized spacial score (nSPS) is 12.4. The minimum atomic E-state index is -3.53. The summed E-state index contributed by atoms with van der Waals surface area (Å²) >= 11 is 5.87. The fraction of sp³-hybridized carbons (Fsp3) is 0.545. The molecule has 96 valence electrons. The topological polar surface area (TPSA) is 50.3 Å². The van der Waals surface area contributed by atoms with Crippen molar-refractivity contribution >= 4 is 21.6 Å². The molecule has 1 aromatic heterocycles. The van der Waals surface area contributed by atoms with Crippen molar-refractivity contribution in [1.29, 1.82) is 0 Å². The summed E-state index contributed by atoms with van der Waals surface area (Å²) in [6.45, 7) is 4.58. The zero-order chi connectivity index (χ0) is 13.1. The van der Waals surface area contributed by atoms with Gasteiger partial charge in [0, 0.05) is 26.0 Å². The highest BCUT2D eigenvalue weighted by Gasteiger charge is 2.23. The zero-order valence-electron chi connectivity index (χ0n) is 10.2. The van der Waals surface area contributed by atoms with Crippen molar-refractivity contribution in [3.05, 3.63) is 23.5 Å². The number of aromatic nitrogens is 1. The van der Waals surface area contributed by atoms with E-state index in [9.17, 15) is 8.42 Å². The number of halogens is 1. The maximum atomic E-state index is 12.2. The van der Waals surface area contributed by atoms with Crippen LogP contribution in [0.2, 0.25) is 5.02 Å². The first kappa shape index (κ1) is 14.4. The molecule has 0 unspecified atom stereocenters. The average molecular weight is 277 g/mol. The van der Waals surface area contributed by atoms with Crippen LogP contribution in [0, 0.1) is 5.92 Å². The molecule has 0 aliphatic heterocycles. The van der Waals surface area contributed by atoms with Gasteiger partial charge in [-0.15, -0.1) is 0 Å². The molecule has 1 rings (SSSR count). The van der Waals surface area contributed by atoms with Crippen LogP contribution >= 0.6 is 11.6 Å². The molecular formula is C11H17ClN2O2S. The van der Waals surface area contributed by atoms with Gasteiger partial charge < -0.3 is 0 Å². The van der Waals surface area contributed by atoms with Crippen molar-refractivity contribution in [2.24, 2.45) is 5.92 Å². The lowest BCUT2D eigenvalue weighted by Crippen LogP contribution is -2.29. The number of pyridine rings is 1. The van der Waals surface area contributed by atoms with Crippen LogP contribution in [-0.2, 0) is 10.0 Å². The minimum absolute atomic E-state index is 0.0629. The average Bonchev–Trinajstić information content (AvgIpc) is 2.26. The van der Waals surface area contributed by atoms with Crippen molar-refractivity contribution in [3.8, 4) is 0 Å². The summed E-state index contributed by atoms with van der Waals surface area (Å²) in [5.74, 6) is 0.456. The van der Waals surface area contributed by atoms with Gasteiger partial charge in [-0.3, -0.25) is 4.98 Å². The molecule has 0 saturated carbocycles. The van der Waals surface area contributed by atoms with Crippen LogP contribution in [0.1, 0.15) is 20.3 Å². The van der Waals surface area contributed by atoms with Gasteiger partial charge in [-0.2, -0.15) is 0 Å². The molecule has 4 nitrogen and oxygen atoms in total. The van der Waals surface area contributed by atoms with Gasteiger partial charge in [0.1, 0.15) is 4.90 Å². The third-order valence-electron chi connectivity index (χ3n) is 2.44. The van der Waals surface area contributed by atoms with Gasteiger partial charge in [-0.1, -0.05) is 25.4 Å². The van der Waals surface area contributed by atoms with Crippen molar-refractivity contribution < 1.29 is 8.42 Å². The van der Waals surface area contributed by atoms with Gasteiger partial charge in [0.25, 0.3) is 0 Å². The Morgan fingerprint density at radius 1 is 1.47 bits per heavy atom. The molecule has 0 bridgehead atoms. The highest BCUT2D eigenvalue weighted by atomic mass is 35.5. The summed E-state index contributed by atoms with van der Waals surface area (Å²) in [5.41, 5.74) is 0. The van der Waals surface area contributed by atoms with E-state index in [2.05, 4.69) is 18.8 Å². The molecule has 17 heavy (non-hydrogen) atoms. The Hall–Kier alpha value is -0.650. The predicted octanol–water partition coefficient (Wildman–Crippen LogP) is 2.40. The van der Waals surface area contributed by atoms with Gasteiger partial charge >= 0.3 is 0 Å². The predicted molar refractivity (Wildman–Crippen MR) is 68.5 cm³/mol. The van der Waals surface area contributed by atoms with Gasteiger partial charge in [0.2, 0.25) is 10.0 Å². The quantitative estimate of drug-likeness (QED) is 0.830. The van der Waals surface area contributed by atoms with E-state index in [0.29, 0.717) is 12.5 Å². The summed E-state index contributed by atoms with van der Waals surface area (Å²) in [5, 5.41) is 0.205. The van der Waals surface area contributed by atoms with Crippen molar-refractivity contribution in [2.75, 3.05) is 13.6 Å². The third-order valence-corrected chi connectivity index (χ3v) is 4.77. The monoisotopic (exact) mass is 276 g/mol. The number of rotatable bonds is 5. The van der Waals surface area contributed by atoms with Crippen molar-refractivity contribution in [2.45, 2.75) is 25.2 Å². The molecule has 6 heteroatoms. The van der Waals surface area contributed by atoms with Crippen LogP contribution in [0.25, 0.3) is 0 Å². The summed E-state index contributed by atoms with van der Waals surface area (Å²) in [6.07, 6.45) is 3.56. The Bertz CT molecular complexity index is 474. The summed E-state index contributed by atoms with van der Waals surface area (Å²) in [6, 6.07) is 1.48. The van der Waals surface area contributed by atoms with Crippen LogP contribution in [0.4, 0.5) is 0 Å². The molecule has 0 amide bonds. The van der Waals surface area contributed by atoms with E-state index < -0.39 is 10.0 Å². The number of sulfonamides is 1. The molecular weight excluding hydrogens is 260 g/mol. The Morgan fingerprint density at radius 2 is 2.12 bits per heavy atom. The van der Waals surface area contributed by atoms with E-state index in [-0.39, 0.29) is 9.92 Å². The van der Waals surface area contributed by atoms with Crippen LogP contribution in [-0.4, -0.2) is 31.3 Å². The first-order valence-corrected chi connectivity index (χ1v) is 7.23. The maximum absolute atomic E-state index is 12.2. The lowest BCUT2D eigenvalue weighted by Gasteiger charge is -2.18. The van der Waals surface area contributed by atoms with Crippen molar-refractivity contribution in [3.63, 3.8) is 0 Å². The second kappa shape index (κ2) is 5.80.